The molecule has 0 bridgehead atoms. The summed E-state index contributed by atoms with van der Waals surface area (Å²) >= 11 is 0. The van der Waals surface area contributed by atoms with Gasteiger partial charge in [-0.05, 0) is 60.7 Å². The van der Waals surface area contributed by atoms with Crippen LogP contribution in [0.2, 0.25) is 0 Å². The van der Waals surface area contributed by atoms with Gasteiger partial charge in [-0.25, -0.2) is 5.32 Å². The summed E-state index contributed by atoms with van der Waals surface area (Å²) in [6, 6.07) is 15.6. The van der Waals surface area contributed by atoms with Gasteiger partial charge in [-0.15, -0.1) is 0 Å². The Kier molecular flexibility index (Phi) is 8.77. The van der Waals surface area contributed by atoms with Crippen molar-refractivity contribution in [2.75, 3.05) is 7.11 Å². The van der Waals surface area contributed by atoms with Crippen molar-refractivity contribution < 1.29 is 14.3 Å². The lowest BCUT2D eigenvalue weighted by Crippen LogP contribution is -2.47. The molecule has 0 unspecified atom stereocenters. The van der Waals surface area contributed by atoms with Crippen LogP contribution in [0, 0.1) is 6.92 Å². The molecule has 0 aliphatic carbocycles. The number of H-pyrrole nitrogens is 1. The fourth-order valence-electron chi connectivity index (χ4n) is 5.40. The fourth-order valence-corrected chi connectivity index (χ4v) is 5.40. The molecule has 0 spiro atoms. The van der Waals surface area contributed by atoms with Crippen LogP contribution in [0.15, 0.2) is 60.9 Å². The van der Waals surface area contributed by atoms with E-state index in [1.165, 1.54) is 0 Å². The maximum Gasteiger partial charge on any atom is 0.319 e. The number of pyridine rings is 1. The maximum atomic E-state index is 13.5. The second-order valence-corrected chi connectivity index (χ2v) is 10.5. The van der Waals surface area contributed by atoms with Crippen LogP contribution in [0.3, 0.4) is 0 Å². The van der Waals surface area contributed by atoms with E-state index in [0.717, 1.165) is 69.3 Å². The summed E-state index contributed by atoms with van der Waals surface area (Å²) < 4.78 is 5.41. The molecule has 1 aliphatic heterocycles. The third kappa shape index (κ3) is 6.48. The number of para-hydroxylation sites is 1. The van der Waals surface area contributed by atoms with Crippen LogP contribution >= 0.6 is 0 Å². The minimum Gasteiger partial charge on any atom is -0.497 e. The highest BCUT2D eigenvalue weighted by molar-refractivity contribution is 6.02. The number of carbonyl (C=O) groups is 2. The lowest BCUT2D eigenvalue weighted by Gasteiger charge is -2.16. The first-order chi connectivity index (χ1) is 20.0. The second kappa shape index (κ2) is 12.8. The van der Waals surface area contributed by atoms with Crippen LogP contribution in [0.4, 0.5) is 0 Å². The number of benzene rings is 2. The summed E-state index contributed by atoms with van der Waals surface area (Å²) in [5, 5.41) is 8.75. The zero-order valence-corrected chi connectivity index (χ0v) is 23.9. The summed E-state index contributed by atoms with van der Waals surface area (Å²) in [7, 11) is 1.64. The molecular weight excluding hydrogens is 514 g/mol. The number of aromatic amines is 1. The Hall–Kier alpha value is -4.46. The summed E-state index contributed by atoms with van der Waals surface area (Å²) in [5.41, 5.74) is 5.62. The van der Waals surface area contributed by atoms with Crippen molar-refractivity contribution in [1.29, 1.82) is 0 Å². The lowest BCUT2D eigenvalue weighted by molar-refractivity contribution is -0.121. The molecule has 0 saturated carbocycles. The summed E-state index contributed by atoms with van der Waals surface area (Å²) in [6.07, 6.45) is 8.39. The van der Waals surface area contributed by atoms with Crippen molar-refractivity contribution >= 4 is 45.0 Å². The SMILES string of the molecule is CCC(=O)CCCCC[C@H](NC(=O)Cc1c(C)[nH]c2ccc(OC)cc12)C1=[N+]C=C(c2cccc3cccnc23)N1. The van der Waals surface area contributed by atoms with Crippen molar-refractivity contribution in [2.24, 2.45) is 0 Å². The van der Waals surface area contributed by atoms with E-state index in [9.17, 15) is 9.59 Å². The Morgan fingerprint density at radius 3 is 2.78 bits per heavy atom. The van der Waals surface area contributed by atoms with E-state index in [2.05, 4.69) is 20.6 Å². The number of carbonyl (C=O) groups excluding carboxylic acids is 2. The number of hydrogen-bond donors (Lipinski definition) is 3. The third-order valence-corrected chi connectivity index (χ3v) is 7.69. The van der Waals surface area contributed by atoms with Crippen molar-refractivity contribution in [1.82, 2.24) is 25.6 Å². The predicted octanol–water partition coefficient (Wildman–Crippen LogP) is 5.33. The largest absolute Gasteiger partial charge is 0.497 e. The number of aromatic nitrogens is 2. The molecule has 41 heavy (non-hydrogen) atoms. The van der Waals surface area contributed by atoms with Gasteiger partial charge < -0.3 is 15.0 Å². The molecule has 4 aromatic rings. The molecule has 2 aromatic carbocycles. The van der Waals surface area contributed by atoms with Crippen molar-refractivity contribution in [2.45, 2.75) is 64.8 Å². The van der Waals surface area contributed by atoms with Crippen LogP contribution in [0.25, 0.3) is 27.5 Å². The molecule has 5 rings (SSSR count). The molecule has 211 valence electrons. The molecule has 0 fully saturated rings. The number of methoxy groups -OCH3 is 1. The Balaban J connectivity index is 1.30. The van der Waals surface area contributed by atoms with Crippen LogP contribution < -0.4 is 20.4 Å². The number of Topliss-reactive ketones (excluding diaryl/α,β-unsaturated/α-hetero) is 1. The normalized spacial score (nSPS) is 13.5. The smallest absolute Gasteiger partial charge is 0.319 e. The van der Waals surface area contributed by atoms with E-state index < -0.39 is 0 Å². The van der Waals surface area contributed by atoms with Gasteiger partial charge in [-0.2, -0.15) is 0 Å². The Morgan fingerprint density at radius 2 is 1.95 bits per heavy atom. The number of nitrogens with zero attached hydrogens (tertiary/aromatic N) is 2. The number of amidine groups is 1. The molecule has 1 radical (unpaired) electrons. The number of aryl methyl sites for hydroxylation is 1. The average molecular weight is 552 g/mol. The van der Waals surface area contributed by atoms with Gasteiger partial charge >= 0.3 is 5.84 Å². The Morgan fingerprint density at radius 1 is 1.10 bits per heavy atom. The van der Waals surface area contributed by atoms with E-state index in [1.807, 2.05) is 68.6 Å². The van der Waals surface area contributed by atoms with E-state index in [4.69, 9.17) is 9.73 Å². The number of unbranched alkanes of at least 4 members (excludes halogenated alkanes) is 2. The van der Waals surface area contributed by atoms with Crippen LogP contribution in [0.1, 0.15) is 62.3 Å². The van der Waals surface area contributed by atoms with Gasteiger partial charge in [-0.1, -0.05) is 38.0 Å². The number of aliphatic imine (C=N–C) groups is 1. The number of ketones is 1. The minimum atomic E-state index is -0.291. The number of fused-ring (bicyclic) bond motifs is 2. The molecule has 1 aliphatic rings. The first-order valence-corrected chi connectivity index (χ1v) is 14.3. The average Bonchev–Trinajstić information content (AvgIpc) is 3.60. The number of rotatable bonds is 13. The van der Waals surface area contributed by atoms with Gasteiger partial charge in [0.1, 0.15) is 17.6 Å². The predicted molar refractivity (Wildman–Crippen MR) is 164 cm³/mol. The van der Waals surface area contributed by atoms with Crippen LogP contribution in [0.5, 0.6) is 5.75 Å². The molecule has 1 atom stereocenters. The van der Waals surface area contributed by atoms with E-state index in [1.54, 1.807) is 13.3 Å². The van der Waals surface area contributed by atoms with Crippen LogP contribution in [-0.4, -0.2) is 40.6 Å². The lowest BCUT2D eigenvalue weighted by atomic mass is 10.0. The van der Waals surface area contributed by atoms with Crippen molar-refractivity contribution in [3.63, 3.8) is 0 Å². The highest BCUT2D eigenvalue weighted by Gasteiger charge is 2.32. The van der Waals surface area contributed by atoms with E-state index >= 15 is 0 Å². The van der Waals surface area contributed by atoms with Gasteiger partial charge in [0.15, 0.2) is 11.9 Å². The Labute approximate surface area is 240 Å². The number of ether oxygens (including phenoxy) is 1. The minimum absolute atomic E-state index is 0.0761. The third-order valence-electron chi connectivity index (χ3n) is 7.69. The highest BCUT2D eigenvalue weighted by atomic mass is 16.5. The molecule has 3 N–H and O–H groups in total. The van der Waals surface area contributed by atoms with Gasteiger partial charge in [0.05, 0.1) is 24.6 Å². The van der Waals surface area contributed by atoms with Gasteiger partial charge in [-0.3, -0.25) is 14.6 Å². The van der Waals surface area contributed by atoms with Gasteiger partial charge in [0, 0.05) is 41.0 Å². The zero-order chi connectivity index (χ0) is 28.8. The molecule has 0 saturated heterocycles. The molecule has 2 aromatic heterocycles. The van der Waals surface area contributed by atoms with E-state index in [-0.39, 0.29) is 18.4 Å². The van der Waals surface area contributed by atoms with E-state index in [0.29, 0.717) is 30.9 Å². The summed E-state index contributed by atoms with van der Waals surface area (Å²) in [6.45, 7) is 3.89. The van der Waals surface area contributed by atoms with Gasteiger partial charge in [0.25, 0.3) is 0 Å². The van der Waals surface area contributed by atoms with Gasteiger partial charge in [0.2, 0.25) is 5.91 Å². The molecule has 1 amide bonds. The monoisotopic (exact) mass is 551 g/mol. The summed E-state index contributed by atoms with van der Waals surface area (Å²) in [5.74, 6) is 1.68. The Bertz CT molecular complexity index is 1630. The number of amides is 1. The number of nitrogens with one attached hydrogen (secondary N) is 3. The quantitative estimate of drug-likeness (QED) is 0.195. The maximum absolute atomic E-state index is 13.5. The topological polar surface area (TPSA) is 110 Å². The molecule has 8 heteroatoms. The standard InChI is InChI=1S/C33H37N5O3/c1-4-23(39)12-6-5-7-14-29(33-35-20-30(38-33)25-13-8-10-22-11-9-17-34-32(22)25)37-31(40)19-26-21(2)36-28-16-15-24(41-3)18-27(26)28/h8-11,13,15-18,20,29,36,38H,4-7,12,14,19H2,1-3H3,(H,37,40)/q+1/t29-/m0/s1. The molecule has 3 heterocycles. The van der Waals surface area contributed by atoms with Crippen molar-refractivity contribution in [3.05, 3.63) is 77.7 Å². The second-order valence-electron chi connectivity index (χ2n) is 10.5. The van der Waals surface area contributed by atoms with Crippen molar-refractivity contribution in [3.8, 4) is 5.75 Å². The molecule has 8 nitrogen and oxygen atoms in total. The molecular formula is C33H37N5O3+. The van der Waals surface area contributed by atoms with Crippen LogP contribution in [-0.2, 0) is 16.0 Å². The fraction of sp³-hybridized carbons (Fsp3) is 0.333. The number of hydrogen-bond acceptors (Lipinski definition) is 6. The zero-order valence-electron chi connectivity index (χ0n) is 23.9. The first-order valence-electron chi connectivity index (χ1n) is 14.3. The summed E-state index contributed by atoms with van der Waals surface area (Å²) in [4.78, 5) is 37.9. The highest BCUT2D eigenvalue weighted by Crippen LogP contribution is 2.27. The first kappa shape index (κ1) is 28.1.